The zero-order valence-corrected chi connectivity index (χ0v) is 13.3. The molecule has 0 aliphatic carbocycles. The minimum atomic E-state index is -0.265. The maximum atomic E-state index is 11.6. The number of hydrogen-bond acceptors (Lipinski definition) is 4. The predicted molar refractivity (Wildman–Crippen MR) is 92.9 cm³/mol. The molecule has 0 radical (unpaired) electrons. The number of esters is 1. The second-order valence-electron chi connectivity index (χ2n) is 5.54. The number of carbonyl (C=O) groups excluding carboxylic acids is 2. The van der Waals surface area contributed by atoms with Gasteiger partial charge in [0.1, 0.15) is 12.3 Å². The smallest absolute Gasteiger partial charge is 0.338 e. The number of fused-ring (bicyclic) bond motifs is 1. The van der Waals surface area contributed by atoms with Crippen molar-refractivity contribution in [3.8, 4) is 11.1 Å². The summed E-state index contributed by atoms with van der Waals surface area (Å²) in [6, 6.07) is 13.5. The number of amides is 1. The summed E-state index contributed by atoms with van der Waals surface area (Å²) < 4.78 is 5.02. The van der Waals surface area contributed by atoms with Crippen molar-refractivity contribution in [1.82, 2.24) is 10.6 Å². The first-order chi connectivity index (χ1) is 11.6. The molecule has 2 aliphatic rings. The molecule has 1 amide bonds. The maximum absolute atomic E-state index is 11.6. The molecule has 24 heavy (non-hydrogen) atoms. The summed E-state index contributed by atoms with van der Waals surface area (Å²) in [7, 11) is 0. The van der Waals surface area contributed by atoms with Gasteiger partial charge in [-0.3, -0.25) is 10.1 Å². The molecular formula is C18H12N2O3S. The maximum Gasteiger partial charge on any atom is 0.338 e. The second kappa shape index (κ2) is 5.58. The largest absolute Gasteiger partial charge is 0.457 e. The Labute approximate surface area is 143 Å². The fourth-order valence-corrected chi connectivity index (χ4v) is 2.94. The molecule has 0 spiro atoms. The molecule has 5 nitrogen and oxygen atoms in total. The molecule has 0 aromatic heterocycles. The number of benzene rings is 2. The molecule has 0 atom stereocenters. The van der Waals surface area contributed by atoms with Crippen LogP contribution in [0, 0.1) is 0 Å². The number of carbonyl (C=O) groups is 2. The van der Waals surface area contributed by atoms with Gasteiger partial charge >= 0.3 is 5.97 Å². The van der Waals surface area contributed by atoms with Crippen LogP contribution in [0.15, 0.2) is 48.2 Å². The van der Waals surface area contributed by atoms with E-state index in [1.165, 1.54) is 0 Å². The van der Waals surface area contributed by atoms with Crippen LogP contribution in [0.25, 0.3) is 17.2 Å². The van der Waals surface area contributed by atoms with Gasteiger partial charge in [0.05, 0.1) is 5.56 Å². The van der Waals surface area contributed by atoms with E-state index in [0.29, 0.717) is 23.0 Å². The summed E-state index contributed by atoms with van der Waals surface area (Å²) >= 11 is 4.90. The van der Waals surface area contributed by atoms with Gasteiger partial charge in [-0.25, -0.2) is 4.79 Å². The fraction of sp³-hybridized carbons (Fsp3) is 0.0556. The van der Waals surface area contributed by atoms with Crippen molar-refractivity contribution in [3.05, 3.63) is 64.9 Å². The van der Waals surface area contributed by atoms with Crippen molar-refractivity contribution >= 4 is 35.3 Å². The van der Waals surface area contributed by atoms with Gasteiger partial charge in [0, 0.05) is 5.56 Å². The number of thiocarbonyl (C=S) groups is 1. The average Bonchev–Trinajstić information content (AvgIpc) is 3.10. The van der Waals surface area contributed by atoms with E-state index >= 15 is 0 Å². The molecule has 6 heteroatoms. The number of hydrogen-bond donors (Lipinski definition) is 2. The molecule has 2 aromatic rings. The monoisotopic (exact) mass is 336 g/mol. The molecule has 2 aliphatic heterocycles. The van der Waals surface area contributed by atoms with E-state index in [-0.39, 0.29) is 11.9 Å². The molecule has 118 valence electrons. The van der Waals surface area contributed by atoms with Crippen molar-refractivity contribution < 1.29 is 14.3 Å². The van der Waals surface area contributed by atoms with Gasteiger partial charge in [0.25, 0.3) is 5.91 Å². The van der Waals surface area contributed by atoms with Crippen LogP contribution >= 0.6 is 12.2 Å². The lowest BCUT2D eigenvalue weighted by molar-refractivity contribution is -0.115. The van der Waals surface area contributed by atoms with Crippen LogP contribution in [0.1, 0.15) is 21.5 Å². The van der Waals surface area contributed by atoms with Crippen molar-refractivity contribution in [2.45, 2.75) is 6.61 Å². The number of nitrogens with one attached hydrogen (secondary N) is 2. The zero-order valence-electron chi connectivity index (χ0n) is 12.5. The first kappa shape index (κ1) is 14.6. The first-order valence-corrected chi connectivity index (χ1v) is 7.75. The quantitative estimate of drug-likeness (QED) is 0.501. The fourth-order valence-electron chi connectivity index (χ4n) is 2.73. The highest BCUT2D eigenvalue weighted by molar-refractivity contribution is 7.80. The lowest BCUT2D eigenvalue weighted by Crippen LogP contribution is -2.21. The van der Waals surface area contributed by atoms with E-state index < -0.39 is 0 Å². The molecule has 2 heterocycles. The van der Waals surface area contributed by atoms with Crippen LogP contribution in [-0.2, 0) is 16.1 Å². The topological polar surface area (TPSA) is 67.4 Å². The normalized spacial score (nSPS) is 17.5. The molecule has 0 saturated carbocycles. The third kappa shape index (κ3) is 2.57. The Balaban J connectivity index is 1.61. The minimum Gasteiger partial charge on any atom is -0.457 e. The Morgan fingerprint density at radius 3 is 2.46 bits per heavy atom. The van der Waals surface area contributed by atoms with Gasteiger partial charge in [-0.1, -0.05) is 30.3 Å². The van der Waals surface area contributed by atoms with Crippen LogP contribution < -0.4 is 10.6 Å². The summed E-state index contributed by atoms with van der Waals surface area (Å²) in [5.41, 5.74) is 4.91. The highest BCUT2D eigenvalue weighted by atomic mass is 32.1. The van der Waals surface area contributed by atoms with E-state index in [9.17, 15) is 9.59 Å². The lowest BCUT2D eigenvalue weighted by Gasteiger charge is -2.04. The average molecular weight is 336 g/mol. The third-order valence-corrected chi connectivity index (χ3v) is 4.16. The highest BCUT2D eigenvalue weighted by Gasteiger charge is 2.21. The Kier molecular flexibility index (Phi) is 3.39. The van der Waals surface area contributed by atoms with Crippen molar-refractivity contribution in [1.29, 1.82) is 0 Å². The summed E-state index contributed by atoms with van der Waals surface area (Å²) in [5.74, 6) is -0.494. The number of cyclic esters (lactones) is 1. The molecule has 0 unspecified atom stereocenters. The standard InChI is InChI=1S/C18H12N2O3S/c21-16-15(19-18(24)20-16)7-10-1-3-11(4-2-10)12-5-6-14-13(8-12)9-23-17(14)22/h1-8H,9H2,(H2,19,20,21,24)/b15-7+. The van der Waals surface area contributed by atoms with E-state index in [2.05, 4.69) is 10.6 Å². The van der Waals surface area contributed by atoms with Gasteiger partial charge in [-0.05, 0) is 47.1 Å². The molecule has 0 bridgehead atoms. The van der Waals surface area contributed by atoms with Gasteiger partial charge in [-0.15, -0.1) is 0 Å². The number of ether oxygens (including phenoxy) is 1. The number of rotatable bonds is 2. The lowest BCUT2D eigenvalue weighted by atomic mass is 9.99. The summed E-state index contributed by atoms with van der Waals surface area (Å²) in [6.07, 6.45) is 1.74. The van der Waals surface area contributed by atoms with Crippen molar-refractivity contribution in [2.24, 2.45) is 0 Å². The SMILES string of the molecule is O=C1NC(=S)N/C1=C/c1ccc(-c2ccc3c(c2)COC3=O)cc1. The molecule has 4 rings (SSSR count). The molecule has 1 fully saturated rings. The van der Waals surface area contributed by atoms with Crippen LogP contribution in [0.3, 0.4) is 0 Å². The Hall–Kier alpha value is -2.99. The summed E-state index contributed by atoms with van der Waals surface area (Å²) in [6.45, 7) is 0.326. The van der Waals surface area contributed by atoms with Crippen LogP contribution in [-0.4, -0.2) is 17.0 Å². The van der Waals surface area contributed by atoms with Crippen LogP contribution in [0.4, 0.5) is 0 Å². The Morgan fingerprint density at radius 1 is 1.00 bits per heavy atom. The Bertz CT molecular complexity index is 916. The molecular weight excluding hydrogens is 324 g/mol. The highest BCUT2D eigenvalue weighted by Crippen LogP contribution is 2.27. The van der Waals surface area contributed by atoms with E-state index in [0.717, 1.165) is 22.3 Å². The van der Waals surface area contributed by atoms with Crippen molar-refractivity contribution in [2.75, 3.05) is 0 Å². The van der Waals surface area contributed by atoms with E-state index in [4.69, 9.17) is 17.0 Å². The summed E-state index contributed by atoms with van der Waals surface area (Å²) in [5, 5.41) is 5.66. The summed E-state index contributed by atoms with van der Waals surface area (Å²) in [4.78, 5) is 23.1. The minimum absolute atomic E-state index is 0.229. The van der Waals surface area contributed by atoms with Crippen LogP contribution in [0.2, 0.25) is 0 Å². The third-order valence-electron chi connectivity index (χ3n) is 3.96. The molecule has 2 aromatic carbocycles. The second-order valence-corrected chi connectivity index (χ2v) is 5.94. The first-order valence-electron chi connectivity index (χ1n) is 7.35. The van der Waals surface area contributed by atoms with Gasteiger partial charge < -0.3 is 10.1 Å². The predicted octanol–water partition coefficient (Wildman–Crippen LogP) is 2.37. The van der Waals surface area contributed by atoms with Gasteiger partial charge in [0.15, 0.2) is 5.11 Å². The molecule has 2 N–H and O–H groups in total. The Morgan fingerprint density at radius 2 is 1.75 bits per heavy atom. The zero-order chi connectivity index (χ0) is 16.7. The van der Waals surface area contributed by atoms with Gasteiger partial charge in [-0.2, -0.15) is 0 Å². The van der Waals surface area contributed by atoms with E-state index in [1.54, 1.807) is 12.1 Å². The van der Waals surface area contributed by atoms with Gasteiger partial charge in [0.2, 0.25) is 0 Å². The molecule has 1 saturated heterocycles. The van der Waals surface area contributed by atoms with Crippen molar-refractivity contribution in [3.63, 3.8) is 0 Å². The van der Waals surface area contributed by atoms with E-state index in [1.807, 2.05) is 36.4 Å². The van der Waals surface area contributed by atoms with Crippen LogP contribution in [0.5, 0.6) is 0 Å².